The van der Waals surface area contributed by atoms with Crippen LogP contribution in [-0.4, -0.2) is 13.1 Å². The summed E-state index contributed by atoms with van der Waals surface area (Å²) in [5.41, 5.74) is 5.79. The molecule has 0 atom stereocenters. The zero-order valence-electron chi connectivity index (χ0n) is 16.5. The summed E-state index contributed by atoms with van der Waals surface area (Å²) in [4.78, 5) is 0. The van der Waals surface area contributed by atoms with Crippen molar-refractivity contribution in [2.45, 2.75) is 52.4 Å². The van der Waals surface area contributed by atoms with Crippen molar-refractivity contribution in [3.05, 3.63) is 66.2 Å². The molecule has 0 saturated heterocycles. The number of nitrogens with one attached hydrogen (secondary N) is 2. The topological polar surface area (TPSA) is 24.1 Å². The first-order valence-corrected chi connectivity index (χ1v) is 10.1. The highest BCUT2D eigenvalue weighted by Gasteiger charge is 2.03. The zero-order valence-corrected chi connectivity index (χ0v) is 16.5. The normalized spacial score (nSPS) is 10.5. The van der Waals surface area contributed by atoms with Gasteiger partial charge in [-0.2, -0.15) is 0 Å². The standard InChI is InChI=1S/C24H34N2/c1-4-6-8-18-25-23-14-10-21(11-15-23)20(3)22-12-16-24(17-13-22)26-19-9-7-5-2/h10-17,25-26H,3-9,18-19H2,1-2H3. The highest BCUT2D eigenvalue weighted by atomic mass is 14.9. The highest BCUT2D eigenvalue weighted by Crippen LogP contribution is 2.24. The van der Waals surface area contributed by atoms with E-state index in [0.717, 1.165) is 18.7 Å². The summed E-state index contributed by atoms with van der Waals surface area (Å²) in [7, 11) is 0. The lowest BCUT2D eigenvalue weighted by atomic mass is 9.99. The van der Waals surface area contributed by atoms with Gasteiger partial charge in [0.1, 0.15) is 0 Å². The van der Waals surface area contributed by atoms with Crippen molar-refractivity contribution in [2.75, 3.05) is 23.7 Å². The minimum Gasteiger partial charge on any atom is -0.385 e. The Hall–Kier alpha value is -2.22. The summed E-state index contributed by atoms with van der Waals surface area (Å²) >= 11 is 0. The maximum atomic E-state index is 4.29. The first-order chi connectivity index (χ1) is 12.7. The van der Waals surface area contributed by atoms with E-state index in [-0.39, 0.29) is 0 Å². The maximum Gasteiger partial charge on any atom is 0.0340 e. The Morgan fingerprint density at radius 2 is 1.04 bits per heavy atom. The molecule has 2 N–H and O–H groups in total. The van der Waals surface area contributed by atoms with Crippen molar-refractivity contribution in [1.29, 1.82) is 0 Å². The van der Waals surface area contributed by atoms with E-state index in [1.165, 1.54) is 61.0 Å². The smallest absolute Gasteiger partial charge is 0.0340 e. The molecule has 0 aliphatic rings. The van der Waals surface area contributed by atoms with E-state index < -0.39 is 0 Å². The lowest BCUT2D eigenvalue weighted by molar-refractivity contribution is 0.744. The Labute approximate surface area is 159 Å². The van der Waals surface area contributed by atoms with Crippen LogP contribution in [-0.2, 0) is 0 Å². The van der Waals surface area contributed by atoms with Crippen molar-refractivity contribution in [2.24, 2.45) is 0 Å². The molecule has 2 aromatic carbocycles. The molecule has 0 radical (unpaired) electrons. The predicted molar refractivity (Wildman–Crippen MR) is 117 cm³/mol. The molecule has 0 spiro atoms. The maximum absolute atomic E-state index is 4.29. The van der Waals surface area contributed by atoms with Crippen LogP contribution in [0.1, 0.15) is 63.5 Å². The molecule has 0 fully saturated rings. The number of anilines is 2. The van der Waals surface area contributed by atoms with Crippen LogP contribution in [0.5, 0.6) is 0 Å². The van der Waals surface area contributed by atoms with E-state index in [9.17, 15) is 0 Å². The molecule has 2 heteroatoms. The average molecular weight is 351 g/mol. The Bertz CT molecular complexity index is 583. The molecule has 0 heterocycles. The minimum atomic E-state index is 1.04. The third-order valence-corrected chi connectivity index (χ3v) is 4.69. The first kappa shape index (κ1) is 20.1. The van der Waals surface area contributed by atoms with Crippen LogP contribution in [0, 0.1) is 0 Å². The molecular weight excluding hydrogens is 316 g/mol. The second-order valence-electron chi connectivity index (χ2n) is 6.90. The molecule has 140 valence electrons. The summed E-state index contributed by atoms with van der Waals surface area (Å²) < 4.78 is 0. The summed E-state index contributed by atoms with van der Waals surface area (Å²) in [6, 6.07) is 17.2. The average Bonchev–Trinajstić information content (AvgIpc) is 2.69. The highest BCUT2D eigenvalue weighted by molar-refractivity contribution is 5.79. The lowest BCUT2D eigenvalue weighted by Crippen LogP contribution is -2.01. The third-order valence-electron chi connectivity index (χ3n) is 4.69. The van der Waals surface area contributed by atoms with E-state index >= 15 is 0 Å². The second kappa shape index (κ2) is 11.4. The molecule has 26 heavy (non-hydrogen) atoms. The van der Waals surface area contributed by atoms with Gasteiger partial charge < -0.3 is 10.6 Å². The van der Waals surface area contributed by atoms with Crippen molar-refractivity contribution < 1.29 is 0 Å². The molecule has 0 saturated carbocycles. The fourth-order valence-electron chi connectivity index (χ4n) is 2.96. The van der Waals surface area contributed by atoms with E-state index in [1.54, 1.807) is 0 Å². The van der Waals surface area contributed by atoms with Gasteiger partial charge >= 0.3 is 0 Å². The van der Waals surface area contributed by atoms with Crippen LogP contribution in [0.4, 0.5) is 11.4 Å². The number of hydrogen-bond acceptors (Lipinski definition) is 2. The molecule has 0 bridgehead atoms. The van der Waals surface area contributed by atoms with E-state index in [4.69, 9.17) is 0 Å². The Morgan fingerprint density at radius 1 is 0.654 bits per heavy atom. The summed E-state index contributed by atoms with van der Waals surface area (Å²) in [5, 5.41) is 6.97. The quantitative estimate of drug-likeness (QED) is 0.405. The molecule has 0 amide bonds. The van der Waals surface area contributed by atoms with Crippen molar-refractivity contribution >= 4 is 16.9 Å². The molecule has 0 aliphatic carbocycles. The van der Waals surface area contributed by atoms with Crippen LogP contribution < -0.4 is 10.6 Å². The zero-order chi connectivity index (χ0) is 18.6. The van der Waals surface area contributed by atoms with Gasteiger partial charge in [-0.05, 0) is 53.8 Å². The van der Waals surface area contributed by atoms with Gasteiger partial charge in [-0.25, -0.2) is 0 Å². The number of unbranched alkanes of at least 4 members (excludes halogenated alkanes) is 4. The number of hydrogen-bond donors (Lipinski definition) is 2. The van der Waals surface area contributed by atoms with Crippen LogP contribution in [0.3, 0.4) is 0 Å². The number of rotatable bonds is 12. The fraction of sp³-hybridized carbons (Fsp3) is 0.417. The third kappa shape index (κ3) is 6.59. The molecule has 0 aromatic heterocycles. The van der Waals surface area contributed by atoms with Gasteiger partial charge in [0.25, 0.3) is 0 Å². The summed E-state index contributed by atoms with van der Waals surface area (Å²) in [5.74, 6) is 0. The van der Waals surface area contributed by atoms with Gasteiger partial charge in [-0.15, -0.1) is 0 Å². The largest absolute Gasteiger partial charge is 0.385 e. The summed E-state index contributed by atoms with van der Waals surface area (Å²) in [6.07, 6.45) is 7.53. The van der Waals surface area contributed by atoms with Crippen molar-refractivity contribution in [3.8, 4) is 0 Å². The van der Waals surface area contributed by atoms with E-state index in [1.807, 2.05) is 0 Å². The van der Waals surface area contributed by atoms with E-state index in [0.29, 0.717) is 0 Å². The number of benzene rings is 2. The van der Waals surface area contributed by atoms with Crippen molar-refractivity contribution in [3.63, 3.8) is 0 Å². The van der Waals surface area contributed by atoms with Crippen molar-refractivity contribution in [1.82, 2.24) is 0 Å². The predicted octanol–water partition coefficient (Wildman–Crippen LogP) is 6.95. The van der Waals surface area contributed by atoms with Crippen LogP contribution in [0.15, 0.2) is 55.1 Å². The van der Waals surface area contributed by atoms with Crippen LogP contribution in [0.2, 0.25) is 0 Å². The van der Waals surface area contributed by atoms with Gasteiger partial charge in [0.15, 0.2) is 0 Å². The van der Waals surface area contributed by atoms with E-state index in [2.05, 4.69) is 79.6 Å². The molecular formula is C24H34N2. The SMILES string of the molecule is C=C(c1ccc(NCCCCC)cc1)c1ccc(NCCCCC)cc1. The Kier molecular flexibility index (Phi) is 8.82. The van der Waals surface area contributed by atoms with Gasteiger partial charge in [0, 0.05) is 24.5 Å². The molecule has 0 unspecified atom stereocenters. The molecule has 2 nitrogen and oxygen atoms in total. The minimum absolute atomic E-state index is 1.04. The summed E-state index contributed by atoms with van der Waals surface area (Å²) in [6.45, 7) is 10.8. The monoisotopic (exact) mass is 350 g/mol. The van der Waals surface area contributed by atoms with Gasteiger partial charge in [0.05, 0.1) is 0 Å². The van der Waals surface area contributed by atoms with Crippen LogP contribution in [0.25, 0.3) is 5.57 Å². The Morgan fingerprint density at radius 3 is 1.38 bits per heavy atom. The van der Waals surface area contributed by atoms with Gasteiger partial charge in [-0.3, -0.25) is 0 Å². The second-order valence-corrected chi connectivity index (χ2v) is 6.90. The van der Waals surface area contributed by atoms with Gasteiger partial charge in [-0.1, -0.05) is 70.4 Å². The fourth-order valence-corrected chi connectivity index (χ4v) is 2.96. The molecule has 0 aliphatic heterocycles. The molecule has 2 aromatic rings. The lowest BCUT2D eigenvalue weighted by Gasteiger charge is -2.11. The Balaban J connectivity index is 1.87. The van der Waals surface area contributed by atoms with Gasteiger partial charge in [0.2, 0.25) is 0 Å². The molecule has 2 rings (SSSR count). The van der Waals surface area contributed by atoms with Crippen LogP contribution >= 0.6 is 0 Å². The first-order valence-electron chi connectivity index (χ1n) is 10.1.